The molecule has 0 bridgehead atoms. The fourth-order valence-electron chi connectivity index (χ4n) is 2.77. The molecule has 2 unspecified atom stereocenters. The zero-order valence-electron chi connectivity index (χ0n) is 10.7. The fraction of sp³-hybridized carbons (Fsp3) is 0.923. The van der Waals surface area contributed by atoms with Crippen molar-refractivity contribution in [1.29, 1.82) is 0 Å². The van der Waals surface area contributed by atoms with Gasteiger partial charge in [-0.15, -0.1) is 0 Å². The lowest BCUT2D eigenvalue weighted by Gasteiger charge is -2.36. The molecule has 92 valence electrons. The van der Waals surface area contributed by atoms with E-state index in [1.165, 1.54) is 51.0 Å². The molecule has 0 aromatic heterocycles. The standard InChI is InChI=1S/C13H25N3/c1-11-10-16(2)9-7-12(11)15-13-6-4-3-5-8-14-13/h11-12H,3-10H2,1-2H3,(H,14,15). The van der Waals surface area contributed by atoms with Crippen LogP contribution in [0.2, 0.25) is 0 Å². The lowest BCUT2D eigenvalue weighted by molar-refractivity contribution is 0.186. The maximum absolute atomic E-state index is 4.66. The van der Waals surface area contributed by atoms with E-state index in [1.807, 2.05) is 0 Å². The van der Waals surface area contributed by atoms with Gasteiger partial charge >= 0.3 is 0 Å². The third-order valence-corrected chi connectivity index (χ3v) is 3.83. The molecule has 2 rings (SSSR count). The van der Waals surface area contributed by atoms with E-state index in [1.54, 1.807) is 0 Å². The van der Waals surface area contributed by atoms with E-state index in [9.17, 15) is 0 Å². The smallest absolute Gasteiger partial charge is 0.0965 e. The van der Waals surface area contributed by atoms with Crippen LogP contribution in [-0.4, -0.2) is 43.5 Å². The van der Waals surface area contributed by atoms with Crippen LogP contribution in [0.1, 0.15) is 39.0 Å². The number of nitrogens with one attached hydrogen (secondary N) is 1. The van der Waals surface area contributed by atoms with E-state index >= 15 is 0 Å². The first kappa shape index (κ1) is 11.9. The number of hydrogen-bond donors (Lipinski definition) is 1. The van der Waals surface area contributed by atoms with Crippen LogP contribution in [0.4, 0.5) is 0 Å². The van der Waals surface area contributed by atoms with Crippen LogP contribution in [-0.2, 0) is 0 Å². The van der Waals surface area contributed by atoms with Crippen LogP contribution in [0.5, 0.6) is 0 Å². The highest BCUT2D eigenvalue weighted by atomic mass is 15.1. The second kappa shape index (κ2) is 5.67. The van der Waals surface area contributed by atoms with Gasteiger partial charge in [-0.3, -0.25) is 4.99 Å². The molecule has 0 aromatic rings. The second-order valence-electron chi connectivity index (χ2n) is 5.42. The minimum absolute atomic E-state index is 0.646. The minimum Gasteiger partial charge on any atom is -0.371 e. The van der Waals surface area contributed by atoms with Crippen molar-refractivity contribution in [2.24, 2.45) is 10.9 Å². The van der Waals surface area contributed by atoms with E-state index in [0.29, 0.717) is 6.04 Å². The number of amidine groups is 1. The van der Waals surface area contributed by atoms with E-state index in [-0.39, 0.29) is 0 Å². The predicted molar refractivity (Wildman–Crippen MR) is 69.0 cm³/mol. The van der Waals surface area contributed by atoms with Crippen molar-refractivity contribution in [3.63, 3.8) is 0 Å². The maximum atomic E-state index is 4.66. The highest BCUT2D eigenvalue weighted by Crippen LogP contribution is 2.16. The molecule has 2 aliphatic heterocycles. The van der Waals surface area contributed by atoms with E-state index < -0.39 is 0 Å². The molecule has 0 aliphatic carbocycles. The van der Waals surface area contributed by atoms with E-state index in [2.05, 4.69) is 29.2 Å². The van der Waals surface area contributed by atoms with Crippen LogP contribution in [0.25, 0.3) is 0 Å². The van der Waals surface area contributed by atoms with Gasteiger partial charge in [0.05, 0.1) is 5.84 Å². The monoisotopic (exact) mass is 223 g/mol. The number of piperidine rings is 1. The number of hydrogen-bond acceptors (Lipinski definition) is 3. The van der Waals surface area contributed by atoms with Crippen LogP contribution in [0.3, 0.4) is 0 Å². The fourth-order valence-corrected chi connectivity index (χ4v) is 2.77. The Morgan fingerprint density at radius 2 is 2.19 bits per heavy atom. The Labute approximate surface area is 99.3 Å². The van der Waals surface area contributed by atoms with Crippen molar-refractivity contribution >= 4 is 5.84 Å². The quantitative estimate of drug-likeness (QED) is 0.735. The molecule has 16 heavy (non-hydrogen) atoms. The first-order chi connectivity index (χ1) is 7.75. The summed E-state index contributed by atoms with van der Waals surface area (Å²) in [5.74, 6) is 2.02. The molecule has 1 N–H and O–H groups in total. The molecule has 2 heterocycles. The molecule has 0 amide bonds. The van der Waals surface area contributed by atoms with Gasteiger partial charge in [-0.1, -0.05) is 13.3 Å². The largest absolute Gasteiger partial charge is 0.371 e. The van der Waals surface area contributed by atoms with Crippen molar-refractivity contribution in [3.8, 4) is 0 Å². The highest BCUT2D eigenvalue weighted by Gasteiger charge is 2.24. The summed E-state index contributed by atoms with van der Waals surface area (Å²) in [6.45, 7) is 5.81. The van der Waals surface area contributed by atoms with Crippen molar-refractivity contribution in [3.05, 3.63) is 0 Å². The molecule has 3 nitrogen and oxygen atoms in total. The van der Waals surface area contributed by atoms with Gasteiger partial charge in [-0.05, 0) is 38.8 Å². The van der Waals surface area contributed by atoms with Gasteiger partial charge in [0.15, 0.2) is 0 Å². The molecular weight excluding hydrogens is 198 g/mol. The molecule has 1 fully saturated rings. The molecule has 0 aromatic carbocycles. The van der Waals surface area contributed by atoms with E-state index in [0.717, 1.165) is 12.5 Å². The first-order valence-electron chi connectivity index (χ1n) is 6.74. The zero-order valence-corrected chi connectivity index (χ0v) is 10.7. The summed E-state index contributed by atoms with van der Waals surface area (Å²) in [4.78, 5) is 7.09. The summed E-state index contributed by atoms with van der Waals surface area (Å²) in [6.07, 6.45) is 6.36. The Kier molecular flexibility index (Phi) is 4.22. The summed E-state index contributed by atoms with van der Waals surface area (Å²) in [7, 11) is 2.22. The number of nitrogens with zero attached hydrogens (tertiary/aromatic N) is 2. The summed E-state index contributed by atoms with van der Waals surface area (Å²) in [5, 5.41) is 3.69. The van der Waals surface area contributed by atoms with Gasteiger partial charge in [0.1, 0.15) is 0 Å². The normalized spacial score (nSPS) is 33.0. The van der Waals surface area contributed by atoms with Crippen LogP contribution >= 0.6 is 0 Å². The zero-order chi connectivity index (χ0) is 11.4. The predicted octanol–water partition coefficient (Wildman–Crippen LogP) is 1.89. The summed E-state index contributed by atoms with van der Waals surface area (Å²) in [6, 6.07) is 0.646. The molecule has 0 radical (unpaired) electrons. The van der Waals surface area contributed by atoms with Gasteiger partial charge in [0.2, 0.25) is 0 Å². The van der Waals surface area contributed by atoms with Gasteiger partial charge in [0.25, 0.3) is 0 Å². The number of rotatable bonds is 1. The molecule has 2 aliphatic rings. The van der Waals surface area contributed by atoms with Gasteiger partial charge in [-0.2, -0.15) is 0 Å². The lowest BCUT2D eigenvalue weighted by atomic mass is 9.94. The Morgan fingerprint density at radius 1 is 1.31 bits per heavy atom. The van der Waals surface area contributed by atoms with Gasteiger partial charge in [-0.25, -0.2) is 0 Å². The SMILES string of the molecule is CC1CN(C)CCC1NC1=NCCCCC1. The minimum atomic E-state index is 0.646. The third-order valence-electron chi connectivity index (χ3n) is 3.83. The highest BCUT2D eigenvalue weighted by molar-refractivity contribution is 5.82. The average Bonchev–Trinajstić information content (AvgIpc) is 2.51. The average molecular weight is 223 g/mol. The second-order valence-corrected chi connectivity index (χ2v) is 5.42. The number of likely N-dealkylation sites (tertiary alicyclic amines) is 1. The maximum Gasteiger partial charge on any atom is 0.0965 e. The van der Waals surface area contributed by atoms with Crippen molar-refractivity contribution in [2.45, 2.75) is 45.1 Å². The summed E-state index contributed by atoms with van der Waals surface area (Å²) < 4.78 is 0. The lowest BCUT2D eigenvalue weighted by Crippen LogP contribution is -2.48. The molecule has 2 atom stereocenters. The summed E-state index contributed by atoms with van der Waals surface area (Å²) in [5.41, 5.74) is 0. The number of aliphatic imine (C=N–C) groups is 1. The van der Waals surface area contributed by atoms with Gasteiger partial charge < -0.3 is 10.2 Å². The molecule has 1 saturated heterocycles. The van der Waals surface area contributed by atoms with Crippen LogP contribution in [0.15, 0.2) is 4.99 Å². The van der Waals surface area contributed by atoms with Crippen molar-refractivity contribution < 1.29 is 0 Å². The van der Waals surface area contributed by atoms with Crippen molar-refractivity contribution in [2.75, 3.05) is 26.7 Å². The molecule has 0 spiro atoms. The van der Waals surface area contributed by atoms with Gasteiger partial charge in [0, 0.05) is 25.6 Å². The Bertz CT molecular complexity index is 250. The molecule has 0 saturated carbocycles. The first-order valence-corrected chi connectivity index (χ1v) is 6.74. The van der Waals surface area contributed by atoms with Crippen molar-refractivity contribution in [1.82, 2.24) is 10.2 Å². The Morgan fingerprint density at radius 3 is 3.00 bits per heavy atom. The summed E-state index contributed by atoms with van der Waals surface area (Å²) >= 11 is 0. The third kappa shape index (κ3) is 3.21. The molecule has 3 heteroatoms. The van der Waals surface area contributed by atoms with E-state index in [4.69, 9.17) is 0 Å². The van der Waals surface area contributed by atoms with Crippen LogP contribution < -0.4 is 5.32 Å². The molecular formula is C13H25N3. The Balaban J connectivity index is 1.86. The Hall–Kier alpha value is -0.570. The topological polar surface area (TPSA) is 27.6 Å². The van der Waals surface area contributed by atoms with Crippen LogP contribution in [0, 0.1) is 5.92 Å².